The minimum absolute atomic E-state index is 0.0871. The largest absolute Gasteiger partial charge is 0.504 e. The van der Waals surface area contributed by atoms with Crippen LogP contribution in [0.15, 0.2) is 36.4 Å². The average molecular weight is 690 g/mol. The average Bonchev–Trinajstić information content (AvgIpc) is 3.50. The summed E-state index contributed by atoms with van der Waals surface area (Å²) in [5.74, 6) is -2.34. The van der Waals surface area contributed by atoms with Crippen LogP contribution in [0, 0.1) is 0 Å². The van der Waals surface area contributed by atoms with Crippen LogP contribution in [0.25, 0.3) is 0 Å². The first-order valence-electron chi connectivity index (χ1n) is 14.7. The number of rotatable bonds is 12. The Labute approximate surface area is 273 Å². The molecule has 2 fully saturated rings. The molecule has 270 valence electrons. The zero-order valence-corrected chi connectivity index (χ0v) is 25.5. The number of esters is 1. The zero-order valence-electron chi connectivity index (χ0n) is 25.5. The predicted octanol–water partition coefficient (Wildman–Crippen LogP) is -4.26. The molecule has 2 aromatic carbocycles. The number of fused-ring (bicyclic) bond motifs is 1. The van der Waals surface area contributed by atoms with E-state index in [1.165, 1.54) is 24.3 Å². The Morgan fingerprint density at radius 1 is 0.771 bits per heavy atom. The highest BCUT2D eigenvalue weighted by atomic mass is 16.7. The van der Waals surface area contributed by atoms with Gasteiger partial charge in [-0.1, -0.05) is 12.1 Å². The molecule has 0 radical (unpaired) electrons. The molecule has 48 heavy (non-hydrogen) atoms. The first-order valence-corrected chi connectivity index (χ1v) is 14.7. The molecule has 18 heteroatoms. The van der Waals surface area contributed by atoms with Gasteiger partial charge >= 0.3 is 5.97 Å². The number of phenolic OH excluding ortho intramolecular Hbond substituents is 4. The number of ether oxygens (including phenoxy) is 2. The van der Waals surface area contributed by atoms with E-state index in [1.54, 1.807) is 12.1 Å². The maximum Gasteiger partial charge on any atom is 0.338 e. The van der Waals surface area contributed by atoms with Crippen molar-refractivity contribution in [1.82, 2.24) is 0 Å². The number of phenols is 4. The Kier molecular flexibility index (Phi) is 15.8. The third kappa shape index (κ3) is 10.9. The van der Waals surface area contributed by atoms with E-state index in [-0.39, 0.29) is 35.8 Å². The molecule has 0 spiro atoms. The molecule has 2 aliphatic rings. The van der Waals surface area contributed by atoms with Crippen molar-refractivity contribution in [2.24, 2.45) is 5.73 Å². The summed E-state index contributed by atoms with van der Waals surface area (Å²) in [6.07, 6.45) is -14.4. The van der Waals surface area contributed by atoms with Crippen molar-refractivity contribution < 1.29 is 85.4 Å². The minimum Gasteiger partial charge on any atom is -0.504 e. The van der Waals surface area contributed by atoms with Crippen LogP contribution in [0.1, 0.15) is 24.0 Å². The second-order valence-corrected chi connectivity index (χ2v) is 11.0. The smallest absolute Gasteiger partial charge is 0.338 e. The summed E-state index contributed by atoms with van der Waals surface area (Å²) in [6, 6.07) is 8.91. The first kappa shape index (κ1) is 40.5. The molecular weight excluding hydrogens is 646 g/mol. The monoisotopic (exact) mass is 689 g/mol. The summed E-state index contributed by atoms with van der Waals surface area (Å²) in [7, 11) is 0. The van der Waals surface area contributed by atoms with Gasteiger partial charge in [-0.25, -0.2) is 4.79 Å². The quantitative estimate of drug-likeness (QED) is 0.0740. The summed E-state index contributed by atoms with van der Waals surface area (Å²) in [4.78, 5) is 22.6. The number of aryl methyl sites for hydroxylation is 1. The number of aliphatic hydroxyl groups excluding tert-OH is 9. The van der Waals surface area contributed by atoms with E-state index in [4.69, 9.17) is 36.4 Å². The number of nitrogens with two attached hydrogens (primary N) is 1. The van der Waals surface area contributed by atoms with E-state index in [2.05, 4.69) is 9.47 Å². The Balaban J connectivity index is 0.000000285. The standard InChI is InChI=1S/C16H24O9.C8H11NO2.C6H8O6/c17-7-12(21)14(23)16(25)15(24)13(22)10(19)3-1-2-8-4-5-9(18)11(20)6-8;9-4-3-6-1-2-7(10)8(11)5-6;7-1-3-4(12-5(1)9)2(8)6(10)11-3/h4-6,12-18,20-25H,1-3,7H2;1-2,5,10-11H,3-4,9H2;1-5,7-9H. The number of carbonyl (C=O) groups is 2. The molecular formula is C30H43NO17. The van der Waals surface area contributed by atoms with Crippen LogP contribution in [0.3, 0.4) is 0 Å². The lowest BCUT2D eigenvalue weighted by Gasteiger charge is -2.27. The molecule has 4 rings (SSSR count). The molecule has 18 nitrogen and oxygen atoms in total. The highest BCUT2D eigenvalue weighted by molar-refractivity contribution is 5.83. The third-order valence-corrected chi connectivity index (χ3v) is 7.39. The summed E-state index contributed by atoms with van der Waals surface area (Å²) >= 11 is 0. The second-order valence-electron chi connectivity index (χ2n) is 11.0. The van der Waals surface area contributed by atoms with Gasteiger partial charge in [0.15, 0.2) is 47.3 Å². The maximum atomic E-state index is 11.9. The number of ketones is 1. The lowest BCUT2D eigenvalue weighted by Crippen LogP contribution is -2.51. The van der Waals surface area contributed by atoms with E-state index in [9.17, 15) is 45.3 Å². The number of benzene rings is 2. The maximum absolute atomic E-state index is 11.9. The number of aromatic hydroxyl groups is 4. The zero-order chi connectivity index (χ0) is 36.3. The SMILES string of the molecule is NCCc1ccc(O)c(O)c1.O=C(CCCc1ccc(O)c(O)c1)C(O)C(O)C(O)C(O)C(O)CO.O=C1OC2C(O)C(O)OC2C1O. The molecule has 0 aliphatic carbocycles. The topological polar surface area (TPSA) is 342 Å². The van der Waals surface area contributed by atoms with Crippen LogP contribution in [0.4, 0.5) is 0 Å². The van der Waals surface area contributed by atoms with Crippen LogP contribution in [0.2, 0.25) is 0 Å². The Hall–Kier alpha value is -3.66. The number of hydrogen-bond acceptors (Lipinski definition) is 18. The van der Waals surface area contributed by atoms with Crippen molar-refractivity contribution in [2.45, 2.75) is 86.9 Å². The van der Waals surface area contributed by atoms with Crippen molar-refractivity contribution in [1.29, 1.82) is 0 Å². The lowest BCUT2D eigenvalue weighted by molar-refractivity contribution is -0.168. The van der Waals surface area contributed by atoms with Gasteiger partial charge < -0.3 is 81.6 Å². The molecule has 0 aromatic heterocycles. The van der Waals surface area contributed by atoms with Crippen LogP contribution < -0.4 is 5.73 Å². The predicted molar refractivity (Wildman–Crippen MR) is 160 cm³/mol. The van der Waals surface area contributed by atoms with Gasteiger partial charge in [-0.2, -0.15) is 0 Å². The van der Waals surface area contributed by atoms with E-state index in [1.807, 2.05) is 0 Å². The number of Topliss-reactive ketones (excluding diaryl/α,β-unsaturated/α-hetero) is 1. The summed E-state index contributed by atoms with van der Waals surface area (Å²) < 4.78 is 9.25. The highest BCUT2D eigenvalue weighted by Crippen LogP contribution is 2.31. The van der Waals surface area contributed by atoms with Crippen molar-refractivity contribution >= 4 is 11.8 Å². The van der Waals surface area contributed by atoms with E-state index < -0.39 is 79.6 Å². The molecule has 2 heterocycles. The van der Waals surface area contributed by atoms with Gasteiger partial charge in [0.05, 0.1) is 6.61 Å². The van der Waals surface area contributed by atoms with E-state index in [0.29, 0.717) is 24.9 Å². The number of hydrogen-bond donors (Lipinski definition) is 14. The summed E-state index contributed by atoms with van der Waals surface area (Å²) in [5.41, 5.74) is 6.89. The highest BCUT2D eigenvalue weighted by Gasteiger charge is 2.56. The molecule has 2 aliphatic heterocycles. The fraction of sp³-hybridized carbons (Fsp3) is 0.533. The van der Waals surface area contributed by atoms with Crippen molar-refractivity contribution in [2.75, 3.05) is 13.2 Å². The number of carbonyl (C=O) groups excluding carboxylic acids is 2. The van der Waals surface area contributed by atoms with Crippen LogP contribution in [-0.4, -0.2) is 153 Å². The summed E-state index contributed by atoms with van der Waals surface area (Å²) in [5, 5.41) is 120. The van der Waals surface area contributed by atoms with Crippen LogP contribution >= 0.6 is 0 Å². The molecule has 0 amide bonds. The van der Waals surface area contributed by atoms with Gasteiger partial charge in [-0.15, -0.1) is 0 Å². The molecule has 10 unspecified atom stereocenters. The van der Waals surface area contributed by atoms with Crippen LogP contribution in [-0.2, 0) is 31.9 Å². The summed E-state index contributed by atoms with van der Waals surface area (Å²) in [6.45, 7) is -0.321. The second kappa shape index (κ2) is 18.8. The lowest BCUT2D eigenvalue weighted by atomic mass is 9.95. The van der Waals surface area contributed by atoms with Gasteiger partial charge in [-0.05, 0) is 61.2 Å². The van der Waals surface area contributed by atoms with Crippen LogP contribution in [0.5, 0.6) is 23.0 Å². The van der Waals surface area contributed by atoms with Gasteiger partial charge in [0.25, 0.3) is 0 Å². The molecule has 15 N–H and O–H groups in total. The van der Waals surface area contributed by atoms with Crippen molar-refractivity contribution in [3.63, 3.8) is 0 Å². The number of aliphatic hydroxyl groups is 9. The fourth-order valence-corrected chi connectivity index (χ4v) is 4.55. The van der Waals surface area contributed by atoms with Gasteiger partial charge in [0, 0.05) is 6.42 Å². The fourth-order valence-electron chi connectivity index (χ4n) is 4.55. The molecule has 2 aromatic rings. The third-order valence-electron chi connectivity index (χ3n) is 7.39. The van der Waals surface area contributed by atoms with Gasteiger partial charge in [0.1, 0.15) is 42.7 Å². The molecule has 0 bridgehead atoms. The van der Waals surface area contributed by atoms with Crippen molar-refractivity contribution in [3.8, 4) is 23.0 Å². The molecule has 10 atom stereocenters. The normalized spacial score (nSPS) is 24.5. The Morgan fingerprint density at radius 3 is 1.79 bits per heavy atom. The van der Waals surface area contributed by atoms with E-state index in [0.717, 1.165) is 5.56 Å². The van der Waals surface area contributed by atoms with Gasteiger partial charge in [0.2, 0.25) is 0 Å². The Bertz CT molecular complexity index is 1330. The Morgan fingerprint density at radius 2 is 1.31 bits per heavy atom. The van der Waals surface area contributed by atoms with Gasteiger partial charge in [-0.3, -0.25) is 4.79 Å². The first-order chi connectivity index (χ1) is 22.5. The molecule has 2 saturated heterocycles. The minimum atomic E-state index is -2.03. The van der Waals surface area contributed by atoms with E-state index >= 15 is 0 Å². The molecule has 0 saturated carbocycles. The van der Waals surface area contributed by atoms with Crippen molar-refractivity contribution in [3.05, 3.63) is 47.5 Å².